The number of nitro groups is 1. The van der Waals surface area contributed by atoms with Crippen LogP contribution in [0.25, 0.3) is 0 Å². The summed E-state index contributed by atoms with van der Waals surface area (Å²) < 4.78 is 0. The van der Waals surface area contributed by atoms with Gasteiger partial charge in [0.05, 0.1) is 10.5 Å². The molecule has 2 rings (SSSR count). The van der Waals surface area contributed by atoms with Crippen molar-refractivity contribution in [2.24, 2.45) is 0 Å². The molecule has 0 aliphatic carbocycles. The molecule has 0 aliphatic rings. The Morgan fingerprint density at radius 3 is 2.62 bits per heavy atom. The van der Waals surface area contributed by atoms with Crippen LogP contribution in [0, 0.1) is 10.1 Å². The monoisotopic (exact) mass is 304 g/mol. The van der Waals surface area contributed by atoms with Gasteiger partial charge in [-0.15, -0.1) is 0 Å². The summed E-state index contributed by atoms with van der Waals surface area (Å²) in [5, 5.41) is 13.4. The largest absolute Gasteiger partial charge is 0.322 e. The molecule has 0 aliphatic heterocycles. The number of benzene rings is 2. The number of nitro benzene ring substituents is 1. The zero-order valence-electron chi connectivity index (χ0n) is 11.3. The van der Waals surface area contributed by atoms with E-state index in [-0.39, 0.29) is 16.3 Å². The van der Waals surface area contributed by atoms with Crippen molar-refractivity contribution in [3.05, 3.63) is 68.7 Å². The van der Waals surface area contributed by atoms with Crippen molar-refractivity contribution in [2.75, 3.05) is 5.32 Å². The van der Waals surface area contributed by atoms with E-state index in [2.05, 4.69) is 5.32 Å². The van der Waals surface area contributed by atoms with Gasteiger partial charge in [0.1, 0.15) is 5.02 Å². The van der Waals surface area contributed by atoms with Gasteiger partial charge in [0.2, 0.25) is 0 Å². The van der Waals surface area contributed by atoms with Crippen LogP contribution in [-0.2, 0) is 6.42 Å². The van der Waals surface area contributed by atoms with E-state index < -0.39 is 10.8 Å². The Bertz CT molecular complexity index is 701. The van der Waals surface area contributed by atoms with Gasteiger partial charge >= 0.3 is 0 Å². The second-order valence-electron chi connectivity index (χ2n) is 4.36. The van der Waals surface area contributed by atoms with E-state index in [0.29, 0.717) is 5.69 Å². The highest BCUT2D eigenvalue weighted by Gasteiger charge is 2.20. The highest BCUT2D eigenvalue weighted by atomic mass is 35.5. The van der Waals surface area contributed by atoms with Crippen molar-refractivity contribution >= 4 is 28.9 Å². The van der Waals surface area contributed by atoms with Crippen molar-refractivity contribution < 1.29 is 9.72 Å². The Kier molecular flexibility index (Phi) is 4.55. The Labute approximate surface area is 126 Å². The summed E-state index contributed by atoms with van der Waals surface area (Å²) >= 11 is 5.94. The van der Waals surface area contributed by atoms with Gasteiger partial charge in [0.15, 0.2) is 0 Å². The fourth-order valence-electron chi connectivity index (χ4n) is 1.98. The quantitative estimate of drug-likeness (QED) is 0.683. The number of aryl methyl sites for hydroxylation is 1. The number of rotatable bonds is 4. The molecule has 0 heterocycles. The molecule has 6 heteroatoms. The SMILES string of the molecule is CCc1ccccc1NC(=O)c1cccc([N+](=O)[O-])c1Cl. The summed E-state index contributed by atoms with van der Waals surface area (Å²) in [4.78, 5) is 22.5. The van der Waals surface area contributed by atoms with E-state index in [1.54, 1.807) is 6.07 Å². The first-order valence-corrected chi connectivity index (χ1v) is 6.74. The van der Waals surface area contributed by atoms with Gasteiger partial charge in [0, 0.05) is 11.8 Å². The molecular weight excluding hydrogens is 292 g/mol. The van der Waals surface area contributed by atoms with Crippen LogP contribution in [0.4, 0.5) is 11.4 Å². The highest BCUT2D eigenvalue weighted by Crippen LogP contribution is 2.28. The predicted octanol–water partition coefficient (Wildman–Crippen LogP) is 4.06. The van der Waals surface area contributed by atoms with Crippen LogP contribution in [0.3, 0.4) is 0 Å². The minimum atomic E-state index is -0.612. The van der Waals surface area contributed by atoms with Crippen LogP contribution in [0.1, 0.15) is 22.8 Å². The van der Waals surface area contributed by atoms with Gasteiger partial charge in [0.25, 0.3) is 11.6 Å². The third-order valence-electron chi connectivity index (χ3n) is 3.07. The second kappa shape index (κ2) is 6.37. The standard InChI is InChI=1S/C15H13ClN2O3/c1-2-10-6-3-4-8-12(10)17-15(19)11-7-5-9-13(14(11)16)18(20)21/h3-9H,2H2,1H3,(H,17,19). The lowest BCUT2D eigenvalue weighted by atomic mass is 10.1. The Morgan fingerprint density at radius 2 is 1.95 bits per heavy atom. The average Bonchev–Trinajstić information content (AvgIpc) is 2.47. The molecule has 0 saturated carbocycles. The molecule has 108 valence electrons. The number of hydrogen-bond donors (Lipinski definition) is 1. The topological polar surface area (TPSA) is 72.2 Å². The van der Waals surface area contributed by atoms with Gasteiger partial charge in [-0.1, -0.05) is 42.8 Å². The molecule has 0 spiro atoms. The molecule has 2 aromatic rings. The molecule has 21 heavy (non-hydrogen) atoms. The molecule has 5 nitrogen and oxygen atoms in total. The van der Waals surface area contributed by atoms with E-state index >= 15 is 0 Å². The van der Waals surface area contributed by atoms with Gasteiger partial charge in [-0.3, -0.25) is 14.9 Å². The molecule has 1 N–H and O–H groups in total. The molecule has 0 atom stereocenters. The number of halogens is 1. The number of amides is 1. The Balaban J connectivity index is 2.33. The van der Waals surface area contributed by atoms with Crippen LogP contribution in [0.15, 0.2) is 42.5 Å². The summed E-state index contributed by atoms with van der Waals surface area (Å²) in [7, 11) is 0. The number of hydrogen-bond acceptors (Lipinski definition) is 3. The molecule has 1 amide bonds. The molecule has 0 radical (unpaired) electrons. The Hall–Kier alpha value is -2.40. The third kappa shape index (κ3) is 3.20. The van der Waals surface area contributed by atoms with Crippen LogP contribution in [0.2, 0.25) is 5.02 Å². The minimum absolute atomic E-state index is 0.0803. The van der Waals surface area contributed by atoms with Gasteiger partial charge < -0.3 is 5.32 Å². The van der Waals surface area contributed by atoms with E-state index in [1.807, 2.05) is 25.1 Å². The van der Waals surface area contributed by atoms with Crippen molar-refractivity contribution in [3.63, 3.8) is 0 Å². The highest BCUT2D eigenvalue weighted by molar-refractivity contribution is 6.36. The Morgan fingerprint density at radius 1 is 1.24 bits per heavy atom. The van der Waals surface area contributed by atoms with Crippen molar-refractivity contribution in [2.45, 2.75) is 13.3 Å². The summed E-state index contributed by atoms with van der Waals surface area (Å²) in [6.45, 7) is 1.98. The molecule has 0 fully saturated rings. The average molecular weight is 305 g/mol. The number of nitrogens with zero attached hydrogens (tertiary/aromatic N) is 1. The lowest BCUT2D eigenvalue weighted by Gasteiger charge is -2.10. The first-order chi connectivity index (χ1) is 10.0. The summed E-state index contributed by atoms with van der Waals surface area (Å²) in [6, 6.07) is 11.5. The first-order valence-electron chi connectivity index (χ1n) is 6.36. The molecule has 0 saturated heterocycles. The number of anilines is 1. The minimum Gasteiger partial charge on any atom is -0.322 e. The maximum atomic E-state index is 12.3. The van der Waals surface area contributed by atoms with E-state index in [0.717, 1.165) is 12.0 Å². The van der Waals surface area contributed by atoms with Crippen LogP contribution < -0.4 is 5.32 Å². The number of para-hydroxylation sites is 1. The molecule has 0 unspecified atom stereocenters. The fraction of sp³-hybridized carbons (Fsp3) is 0.133. The lowest BCUT2D eigenvalue weighted by molar-refractivity contribution is -0.384. The van der Waals surface area contributed by atoms with E-state index in [9.17, 15) is 14.9 Å². The normalized spacial score (nSPS) is 10.2. The summed E-state index contributed by atoms with van der Waals surface area (Å²) in [6.07, 6.45) is 0.763. The fourth-order valence-corrected chi connectivity index (χ4v) is 2.26. The van der Waals surface area contributed by atoms with Gasteiger partial charge in [-0.2, -0.15) is 0 Å². The zero-order valence-corrected chi connectivity index (χ0v) is 12.1. The summed E-state index contributed by atoms with van der Waals surface area (Å²) in [5.41, 5.74) is 1.45. The predicted molar refractivity (Wildman–Crippen MR) is 81.9 cm³/mol. The maximum absolute atomic E-state index is 12.3. The van der Waals surface area contributed by atoms with Gasteiger partial charge in [-0.25, -0.2) is 0 Å². The van der Waals surface area contributed by atoms with Crippen molar-refractivity contribution in [1.82, 2.24) is 0 Å². The zero-order chi connectivity index (χ0) is 15.4. The molecular formula is C15H13ClN2O3. The number of nitrogens with one attached hydrogen (secondary N) is 1. The van der Waals surface area contributed by atoms with Gasteiger partial charge in [-0.05, 0) is 24.1 Å². The lowest BCUT2D eigenvalue weighted by Crippen LogP contribution is -2.14. The van der Waals surface area contributed by atoms with Crippen LogP contribution >= 0.6 is 11.6 Å². The number of carbonyl (C=O) groups is 1. The molecule has 0 aromatic heterocycles. The summed E-state index contributed by atoms with van der Waals surface area (Å²) in [5.74, 6) is -0.468. The van der Waals surface area contributed by atoms with Crippen molar-refractivity contribution in [3.8, 4) is 0 Å². The smallest absolute Gasteiger partial charge is 0.288 e. The van der Waals surface area contributed by atoms with E-state index in [4.69, 9.17) is 11.6 Å². The van der Waals surface area contributed by atoms with Crippen LogP contribution in [-0.4, -0.2) is 10.8 Å². The third-order valence-corrected chi connectivity index (χ3v) is 3.46. The second-order valence-corrected chi connectivity index (χ2v) is 4.74. The molecule has 2 aromatic carbocycles. The van der Waals surface area contributed by atoms with E-state index in [1.165, 1.54) is 18.2 Å². The number of carbonyl (C=O) groups excluding carboxylic acids is 1. The molecule has 0 bridgehead atoms. The maximum Gasteiger partial charge on any atom is 0.288 e. The first kappa shape index (κ1) is 15.0. The van der Waals surface area contributed by atoms with Crippen molar-refractivity contribution in [1.29, 1.82) is 0 Å². The van der Waals surface area contributed by atoms with Crippen LogP contribution in [0.5, 0.6) is 0 Å².